The number of carbonyl (C=O) groups is 1. The highest BCUT2D eigenvalue weighted by Crippen LogP contribution is 2.16. The number of benzene rings is 1. The van der Waals surface area contributed by atoms with E-state index in [2.05, 4.69) is 27.7 Å². The lowest BCUT2D eigenvalue weighted by molar-refractivity contribution is -0.141. The average Bonchev–Trinajstić information content (AvgIpc) is 2.92. The van der Waals surface area contributed by atoms with Crippen molar-refractivity contribution in [2.75, 3.05) is 31.1 Å². The molecule has 2 heterocycles. The van der Waals surface area contributed by atoms with Crippen LogP contribution in [0.2, 0.25) is 0 Å². The summed E-state index contributed by atoms with van der Waals surface area (Å²) in [4.78, 5) is 14.5. The fourth-order valence-electron chi connectivity index (χ4n) is 2.79. The van der Waals surface area contributed by atoms with E-state index >= 15 is 0 Å². The van der Waals surface area contributed by atoms with Crippen LogP contribution in [-0.4, -0.2) is 38.2 Å². The number of carbonyl (C=O) groups excluding carboxylic acids is 1. The molecule has 25 heavy (non-hydrogen) atoms. The largest absolute Gasteiger partial charge is 0.408 e. The second-order valence-electron chi connectivity index (χ2n) is 6.05. The zero-order valence-corrected chi connectivity index (χ0v) is 14.2. The lowest BCUT2D eigenvalue weighted by Gasteiger charge is -2.29. The minimum atomic E-state index is -0.705. The second kappa shape index (κ2) is 8.50. The quantitative estimate of drug-likeness (QED) is 0.695. The van der Waals surface area contributed by atoms with Gasteiger partial charge in [0.1, 0.15) is 6.04 Å². The third kappa shape index (κ3) is 4.95. The van der Waals surface area contributed by atoms with Crippen molar-refractivity contribution < 1.29 is 9.53 Å². The fourth-order valence-corrected chi connectivity index (χ4v) is 2.79. The van der Waals surface area contributed by atoms with Gasteiger partial charge in [0.15, 0.2) is 0 Å². The Kier molecular flexibility index (Phi) is 5.87. The van der Waals surface area contributed by atoms with E-state index in [0.29, 0.717) is 12.3 Å². The Balaban J connectivity index is 1.54. The molecule has 0 aromatic heterocycles. The number of nitrogens with two attached hydrogens (primary N) is 1. The maximum Gasteiger partial charge on any atom is 0.329 e. The van der Waals surface area contributed by atoms with Crippen molar-refractivity contribution in [3.05, 3.63) is 66.2 Å². The number of rotatable bonds is 5. The molecule has 1 aromatic rings. The first-order valence-corrected chi connectivity index (χ1v) is 8.54. The maximum absolute atomic E-state index is 12.2. The van der Waals surface area contributed by atoms with Crippen LogP contribution >= 0.6 is 0 Å². The van der Waals surface area contributed by atoms with Crippen LogP contribution in [0.25, 0.3) is 0 Å². The minimum Gasteiger partial charge on any atom is -0.408 e. The Morgan fingerprint density at radius 2 is 1.92 bits per heavy atom. The molecular formula is C19H24N4O2. The van der Waals surface area contributed by atoms with Gasteiger partial charge in [-0.15, -0.1) is 0 Å². The molecule has 3 rings (SSSR count). The van der Waals surface area contributed by atoms with Gasteiger partial charge in [0, 0.05) is 38.1 Å². The van der Waals surface area contributed by atoms with E-state index in [-0.39, 0.29) is 0 Å². The SMILES string of the molecule is N[C@@H](Cc1ccc(N2CCNCC2)cc1)C(=O)OC1=CC=CC=CN1. The van der Waals surface area contributed by atoms with Crippen LogP contribution in [0, 0.1) is 0 Å². The predicted molar refractivity (Wildman–Crippen MR) is 98.8 cm³/mol. The van der Waals surface area contributed by atoms with Crippen molar-refractivity contribution in [2.45, 2.75) is 12.5 Å². The number of esters is 1. The summed E-state index contributed by atoms with van der Waals surface area (Å²) >= 11 is 0. The topological polar surface area (TPSA) is 79.6 Å². The molecule has 1 atom stereocenters. The first-order chi connectivity index (χ1) is 12.2. The highest BCUT2D eigenvalue weighted by molar-refractivity contribution is 5.77. The van der Waals surface area contributed by atoms with Crippen molar-refractivity contribution in [3.63, 3.8) is 0 Å². The van der Waals surface area contributed by atoms with Crippen molar-refractivity contribution >= 4 is 11.7 Å². The molecule has 6 heteroatoms. The predicted octanol–water partition coefficient (Wildman–Crippen LogP) is 1.02. The monoisotopic (exact) mass is 340 g/mol. The zero-order valence-electron chi connectivity index (χ0n) is 14.2. The lowest BCUT2D eigenvalue weighted by Crippen LogP contribution is -2.43. The molecule has 132 valence electrons. The molecule has 1 fully saturated rings. The Morgan fingerprint density at radius 1 is 1.16 bits per heavy atom. The van der Waals surface area contributed by atoms with Gasteiger partial charge in [-0.25, -0.2) is 4.79 Å². The molecular weight excluding hydrogens is 316 g/mol. The van der Waals surface area contributed by atoms with Crippen LogP contribution in [0.1, 0.15) is 5.56 Å². The van der Waals surface area contributed by atoms with Crippen LogP contribution < -0.4 is 21.3 Å². The molecule has 6 nitrogen and oxygen atoms in total. The van der Waals surface area contributed by atoms with Crippen LogP contribution in [0.4, 0.5) is 5.69 Å². The zero-order chi connectivity index (χ0) is 17.5. The summed E-state index contributed by atoms with van der Waals surface area (Å²) < 4.78 is 5.29. The Bertz CT molecular complexity index is 673. The third-order valence-electron chi connectivity index (χ3n) is 4.18. The van der Waals surface area contributed by atoms with Crippen LogP contribution in [-0.2, 0) is 16.0 Å². The van der Waals surface area contributed by atoms with Gasteiger partial charge in [0.25, 0.3) is 0 Å². The molecule has 2 aliphatic heterocycles. The van der Waals surface area contributed by atoms with E-state index < -0.39 is 12.0 Å². The van der Waals surface area contributed by atoms with E-state index in [1.165, 1.54) is 5.69 Å². The standard InChI is InChI=1S/C19H24N4O2/c20-17(19(24)25-18-4-2-1-3-9-22-18)14-15-5-7-16(8-6-15)23-12-10-21-11-13-23/h1-9,17,21-22H,10-14,20H2/t17-/m0/s1. The van der Waals surface area contributed by atoms with Crippen LogP contribution in [0.15, 0.2) is 60.7 Å². The van der Waals surface area contributed by atoms with Gasteiger partial charge in [-0.3, -0.25) is 0 Å². The van der Waals surface area contributed by atoms with Gasteiger partial charge >= 0.3 is 5.97 Å². The summed E-state index contributed by atoms with van der Waals surface area (Å²) in [5, 5.41) is 6.23. The van der Waals surface area contributed by atoms with Crippen molar-refractivity contribution in [3.8, 4) is 0 Å². The first-order valence-electron chi connectivity index (χ1n) is 8.54. The molecule has 0 amide bonds. The number of hydrogen-bond acceptors (Lipinski definition) is 6. The minimum absolute atomic E-state index is 0.375. The van der Waals surface area contributed by atoms with Gasteiger partial charge in [-0.05, 0) is 36.3 Å². The molecule has 1 aromatic carbocycles. The smallest absolute Gasteiger partial charge is 0.329 e. The number of ether oxygens (including phenoxy) is 1. The molecule has 0 unspecified atom stereocenters. The molecule has 0 saturated carbocycles. The highest BCUT2D eigenvalue weighted by atomic mass is 16.5. The van der Waals surface area contributed by atoms with Crippen molar-refractivity contribution in [2.24, 2.45) is 5.73 Å². The Morgan fingerprint density at radius 3 is 2.68 bits per heavy atom. The molecule has 0 radical (unpaired) electrons. The number of allylic oxidation sites excluding steroid dienone is 4. The van der Waals surface area contributed by atoms with Crippen molar-refractivity contribution in [1.29, 1.82) is 0 Å². The molecule has 2 aliphatic rings. The van der Waals surface area contributed by atoms with E-state index in [4.69, 9.17) is 10.5 Å². The van der Waals surface area contributed by atoms with Crippen LogP contribution in [0.3, 0.4) is 0 Å². The van der Waals surface area contributed by atoms with E-state index in [1.807, 2.05) is 24.3 Å². The molecule has 1 saturated heterocycles. The fraction of sp³-hybridized carbons (Fsp3) is 0.316. The normalized spacial score (nSPS) is 18.1. The van der Waals surface area contributed by atoms with Gasteiger partial charge < -0.3 is 26.0 Å². The first kappa shape index (κ1) is 17.3. The summed E-state index contributed by atoms with van der Waals surface area (Å²) in [5.74, 6) is -0.0758. The second-order valence-corrected chi connectivity index (χ2v) is 6.05. The summed E-state index contributed by atoms with van der Waals surface area (Å²) in [6, 6.07) is 7.52. The molecule has 0 aliphatic carbocycles. The summed E-state index contributed by atoms with van der Waals surface area (Å²) in [6.07, 6.45) is 9.28. The van der Waals surface area contributed by atoms with E-state index in [1.54, 1.807) is 18.4 Å². The maximum atomic E-state index is 12.2. The number of piperazine rings is 1. The van der Waals surface area contributed by atoms with Crippen LogP contribution in [0.5, 0.6) is 0 Å². The highest BCUT2D eigenvalue weighted by Gasteiger charge is 2.18. The average molecular weight is 340 g/mol. The van der Waals surface area contributed by atoms with E-state index in [9.17, 15) is 4.79 Å². The third-order valence-corrected chi connectivity index (χ3v) is 4.18. The molecule has 4 N–H and O–H groups in total. The Hall–Kier alpha value is -2.57. The number of hydrogen-bond donors (Lipinski definition) is 3. The van der Waals surface area contributed by atoms with Gasteiger partial charge in [0.2, 0.25) is 5.88 Å². The van der Waals surface area contributed by atoms with Gasteiger partial charge in [-0.2, -0.15) is 0 Å². The molecule has 0 spiro atoms. The summed E-state index contributed by atoms with van der Waals surface area (Å²) in [6.45, 7) is 4.03. The number of nitrogens with one attached hydrogen (secondary N) is 2. The number of nitrogens with zero attached hydrogens (tertiary/aromatic N) is 1. The van der Waals surface area contributed by atoms with Crippen molar-refractivity contribution in [1.82, 2.24) is 10.6 Å². The van der Waals surface area contributed by atoms with Gasteiger partial charge in [0.05, 0.1) is 0 Å². The van der Waals surface area contributed by atoms with Gasteiger partial charge in [-0.1, -0.05) is 24.3 Å². The molecule has 0 bridgehead atoms. The van der Waals surface area contributed by atoms with E-state index in [0.717, 1.165) is 31.7 Å². The lowest BCUT2D eigenvalue weighted by atomic mass is 10.1. The number of anilines is 1. The Labute approximate surface area is 148 Å². The summed E-state index contributed by atoms with van der Waals surface area (Å²) in [7, 11) is 0. The summed E-state index contributed by atoms with van der Waals surface area (Å²) in [5.41, 5.74) is 8.22.